The van der Waals surface area contributed by atoms with Crippen LogP contribution in [0.1, 0.15) is 5.56 Å². The first-order valence-corrected chi connectivity index (χ1v) is 5.00. The maximum absolute atomic E-state index is 5.64. The van der Waals surface area contributed by atoms with E-state index in [0.29, 0.717) is 5.88 Å². The minimum atomic E-state index is 0.519. The lowest BCUT2D eigenvalue weighted by atomic mass is 10.3. The van der Waals surface area contributed by atoms with Crippen molar-refractivity contribution in [2.24, 2.45) is 0 Å². The molecule has 0 aromatic carbocycles. The highest BCUT2D eigenvalue weighted by Gasteiger charge is 1.98. The van der Waals surface area contributed by atoms with E-state index >= 15 is 0 Å². The summed E-state index contributed by atoms with van der Waals surface area (Å²) in [7, 11) is 0. The molecule has 1 heterocycles. The van der Waals surface area contributed by atoms with Crippen molar-refractivity contribution in [1.29, 1.82) is 0 Å². The molecular weight excluding hydrogens is 328 g/mol. The van der Waals surface area contributed by atoms with Crippen molar-refractivity contribution in [3.63, 3.8) is 0 Å². The number of hydrogen-bond donors (Lipinski definition) is 0. The van der Waals surface area contributed by atoms with E-state index in [1.165, 1.54) is 0 Å². The van der Waals surface area contributed by atoms with Gasteiger partial charge >= 0.3 is 0 Å². The molecular formula is C6H4BrClIN. The van der Waals surface area contributed by atoms with Crippen LogP contribution in [0, 0.1) is 3.70 Å². The molecule has 0 N–H and O–H groups in total. The smallest absolute Gasteiger partial charge is 0.105 e. The summed E-state index contributed by atoms with van der Waals surface area (Å²) in [5, 5.41) is 0. The maximum Gasteiger partial charge on any atom is 0.105 e. The fourth-order valence-electron chi connectivity index (χ4n) is 0.558. The summed E-state index contributed by atoms with van der Waals surface area (Å²) in [5.74, 6) is 0.519. The van der Waals surface area contributed by atoms with Gasteiger partial charge in [-0.25, -0.2) is 4.98 Å². The van der Waals surface area contributed by atoms with Gasteiger partial charge in [0.15, 0.2) is 0 Å². The Morgan fingerprint density at radius 3 is 2.90 bits per heavy atom. The van der Waals surface area contributed by atoms with Crippen LogP contribution in [-0.2, 0) is 5.88 Å². The van der Waals surface area contributed by atoms with Gasteiger partial charge in [0.25, 0.3) is 0 Å². The summed E-state index contributed by atoms with van der Waals surface area (Å²) in [6.45, 7) is 0. The van der Waals surface area contributed by atoms with Crippen LogP contribution in [0.3, 0.4) is 0 Å². The fourth-order valence-corrected chi connectivity index (χ4v) is 1.85. The summed E-state index contributed by atoms with van der Waals surface area (Å²) in [4.78, 5) is 4.10. The third-order valence-electron chi connectivity index (χ3n) is 1.02. The number of rotatable bonds is 1. The Labute approximate surface area is 86.4 Å². The zero-order chi connectivity index (χ0) is 7.56. The third-order valence-corrected chi connectivity index (χ3v) is 2.72. The molecule has 0 atom stereocenters. The van der Waals surface area contributed by atoms with E-state index in [9.17, 15) is 0 Å². The topological polar surface area (TPSA) is 12.9 Å². The summed E-state index contributed by atoms with van der Waals surface area (Å²) < 4.78 is 1.94. The minimum absolute atomic E-state index is 0.519. The fraction of sp³-hybridized carbons (Fsp3) is 0.167. The lowest BCUT2D eigenvalue weighted by molar-refractivity contribution is 1.18. The molecule has 0 aliphatic heterocycles. The molecule has 0 spiro atoms. The molecule has 0 fully saturated rings. The van der Waals surface area contributed by atoms with Crippen LogP contribution < -0.4 is 0 Å². The Morgan fingerprint density at radius 2 is 2.40 bits per heavy atom. The van der Waals surface area contributed by atoms with Gasteiger partial charge in [-0.2, -0.15) is 0 Å². The van der Waals surface area contributed by atoms with Gasteiger partial charge in [0.05, 0.1) is 5.88 Å². The zero-order valence-electron chi connectivity index (χ0n) is 4.94. The molecule has 0 radical (unpaired) electrons. The second-order valence-electron chi connectivity index (χ2n) is 1.74. The zero-order valence-corrected chi connectivity index (χ0v) is 9.44. The molecule has 1 aromatic heterocycles. The van der Waals surface area contributed by atoms with Crippen molar-refractivity contribution >= 4 is 50.1 Å². The molecule has 54 valence electrons. The second kappa shape index (κ2) is 3.88. The number of alkyl halides is 1. The van der Waals surface area contributed by atoms with E-state index in [4.69, 9.17) is 11.6 Å². The molecule has 4 heteroatoms. The van der Waals surface area contributed by atoms with E-state index in [2.05, 4.69) is 43.5 Å². The second-order valence-corrected chi connectivity index (χ2v) is 3.94. The van der Waals surface area contributed by atoms with Crippen molar-refractivity contribution in [3.8, 4) is 0 Å². The number of pyridine rings is 1. The normalized spacial score (nSPS) is 9.90. The first kappa shape index (κ1) is 8.74. The molecule has 0 aliphatic carbocycles. The third kappa shape index (κ3) is 2.07. The molecule has 0 aliphatic rings. The SMILES string of the molecule is ClCc1cc(Br)cnc1I. The Morgan fingerprint density at radius 1 is 1.70 bits per heavy atom. The van der Waals surface area contributed by atoms with E-state index < -0.39 is 0 Å². The maximum atomic E-state index is 5.64. The highest BCUT2D eigenvalue weighted by molar-refractivity contribution is 14.1. The van der Waals surface area contributed by atoms with Crippen LogP contribution in [-0.4, -0.2) is 4.98 Å². The first-order valence-electron chi connectivity index (χ1n) is 2.60. The quantitative estimate of drug-likeness (QED) is 0.437. The van der Waals surface area contributed by atoms with Crippen molar-refractivity contribution in [1.82, 2.24) is 4.98 Å². The van der Waals surface area contributed by atoms with Gasteiger partial charge in [0.2, 0.25) is 0 Å². The molecule has 0 saturated heterocycles. The summed E-state index contributed by atoms with van der Waals surface area (Å²) in [6, 6.07) is 1.97. The molecule has 0 amide bonds. The Balaban J connectivity index is 3.09. The van der Waals surface area contributed by atoms with Crippen molar-refractivity contribution in [2.45, 2.75) is 5.88 Å². The van der Waals surface area contributed by atoms with Crippen LogP contribution >= 0.6 is 50.1 Å². The minimum Gasteiger partial charge on any atom is -0.249 e. The first-order chi connectivity index (χ1) is 4.74. The Kier molecular flexibility index (Phi) is 3.39. The van der Waals surface area contributed by atoms with Crippen molar-refractivity contribution < 1.29 is 0 Å². The molecule has 0 saturated carbocycles. The highest BCUT2D eigenvalue weighted by atomic mass is 127. The van der Waals surface area contributed by atoms with Crippen LogP contribution in [0.2, 0.25) is 0 Å². The van der Waals surface area contributed by atoms with Gasteiger partial charge in [-0.1, -0.05) is 0 Å². The van der Waals surface area contributed by atoms with Gasteiger partial charge in [0, 0.05) is 10.7 Å². The summed E-state index contributed by atoms with van der Waals surface area (Å²) in [6.07, 6.45) is 1.76. The predicted octanol–water partition coefficient (Wildman–Crippen LogP) is 3.19. The lowest BCUT2D eigenvalue weighted by Crippen LogP contribution is -1.87. The monoisotopic (exact) mass is 331 g/mol. The van der Waals surface area contributed by atoms with Gasteiger partial charge in [-0.3, -0.25) is 0 Å². The molecule has 0 bridgehead atoms. The standard InChI is InChI=1S/C6H4BrClIN/c7-5-1-4(2-8)6(9)10-3-5/h1,3H,2H2. The van der Waals surface area contributed by atoms with Gasteiger partial charge in [-0.05, 0) is 50.2 Å². The van der Waals surface area contributed by atoms with E-state index in [1.54, 1.807) is 6.20 Å². The average Bonchev–Trinajstić information content (AvgIpc) is 1.94. The molecule has 10 heavy (non-hydrogen) atoms. The lowest BCUT2D eigenvalue weighted by Gasteiger charge is -1.97. The average molecular weight is 332 g/mol. The highest BCUT2D eigenvalue weighted by Crippen LogP contribution is 2.16. The largest absolute Gasteiger partial charge is 0.249 e. The Hall–Kier alpha value is 0.650. The molecule has 1 nitrogen and oxygen atoms in total. The van der Waals surface area contributed by atoms with Gasteiger partial charge < -0.3 is 0 Å². The van der Waals surface area contributed by atoms with E-state index in [-0.39, 0.29) is 0 Å². The van der Waals surface area contributed by atoms with Gasteiger partial charge in [0.1, 0.15) is 3.70 Å². The summed E-state index contributed by atoms with van der Waals surface area (Å²) >= 11 is 11.1. The number of aromatic nitrogens is 1. The Bertz CT molecular complexity index is 241. The van der Waals surface area contributed by atoms with Crippen LogP contribution in [0.5, 0.6) is 0 Å². The van der Waals surface area contributed by atoms with Gasteiger partial charge in [-0.15, -0.1) is 11.6 Å². The number of hydrogen-bond acceptors (Lipinski definition) is 1. The molecule has 1 aromatic rings. The van der Waals surface area contributed by atoms with Crippen LogP contribution in [0.15, 0.2) is 16.7 Å². The number of halogens is 3. The van der Waals surface area contributed by atoms with E-state index in [1.807, 2.05) is 6.07 Å². The van der Waals surface area contributed by atoms with Crippen LogP contribution in [0.4, 0.5) is 0 Å². The van der Waals surface area contributed by atoms with Crippen molar-refractivity contribution in [3.05, 3.63) is 26.0 Å². The predicted molar refractivity (Wildman–Crippen MR) is 54.2 cm³/mol. The van der Waals surface area contributed by atoms with E-state index in [0.717, 1.165) is 13.7 Å². The summed E-state index contributed by atoms with van der Waals surface area (Å²) in [5.41, 5.74) is 1.07. The van der Waals surface area contributed by atoms with Crippen LogP contribution in [0.25, 0.3) is 0 Å². The van der Waals surface area contributed by atoms with Crippen molar-refractivity contribution in [2.75, 3.05) is 0 Å². The number of nitrogens with zero attached hydrogens (tertiary/aromatic N) is 1. The molecule has 0 unspecified atom stereocenters. The molecule has 1 rings (SSSR count).